The topological polar surface area (TPSA) is 26.3 Å². The number of hydrogen-bond acceptors (Lipinski definition) is 2. The van der Waals surface area contributed by atoms with Gasteiger partial charge in [0.05, 0.1) is 12.4 Å². The Morgan fingerprint density at radius 1 is 1.21 bits per heavy atom. The van der Waals surface area contributed by atoms with Crippen molar-refractivity contribution in [2.45, 2.75) is 12.1 Å². The highest BCUT2D eigenvalue weighted by atomic mass is 19.4. The molecule has 0 N–H and O–H groups in total. The van der Waals surface area contributed by atoms with E-state index in [1.165, 1.54) is 0 Å². The maximum absolute atomic E-state index is 12.0. The summed E-state index contributed by atoms with van der Waals surface area (Å²) in [4.78, 5) is 10.2. The number of alkyl halides is 5. The zero-order valence-electron chi connectivity index (χ0n) is 6.45. The van der Waals surface area contributed by atoms with Crippen molar-refractivity contribution in [2.24, 2.45) is 0 Å². The smallest absolute Gasteiger partial charge is 0.456 e. The van der Waals surface area contributed by atoms with Gasteiger partial charge in [0.15, 0.2) is 6.61 Å². The molecule has 0 spiro atoms. The fourth-order valence-corrected chi connectivity index (χ4v) is 0.343. The van der Waals surface area contributed by atoms with E-state index >= 15 is 0 Å². The van der Waals surface area contributed by atoms with Gasteiger partial charge in [0, 0.05) is 0 Å². The van der Waals surface area contributed by atoms with Crippen LogP contribution in [0.15, 0.2) is 12.4 Å². The Balaban J connectivity index is 4.19. The second-order valence-corrected chi connectivity index (χ2v) is 2.10. The van der Waals surface area contributed by atoms with E-state index in [0.29, 0.717) is 0 Å². The molecule has 0 fully saturated rings. The van der Waals surface area contributed by atoms with Crippen LogP contribution in [-0.4, -0.2) is 24.7 Å². The van der Waals surface area contributed by atoms with Crippen LogP contribution < -0.4 is 0 Å². The third kappa shape index (κ3) is 3.67. The summed E-state index contributed by atoms with van der Waals surface area (Å²) >= 11 is 0. The maximum Gasteiger partial charge on any atom is 0.456 e. The molecule has 8 heteroatoms. The van der Waals surface area contributed by atoms with Crippen molar-refractivity contribution in [1.29, 1.82) is 0 Å². The minimum Gasteiger partial charge on any atom is -0.456 e. The van der Waals surface area contributed by atoms with E-state index < -0.39 is 24.7 Å². The van der Waals surface area contributed by atoms with E-state index in [-0.39, 0.29) is 12.4 Å². The van der Waals surface area contributed by atoms with Gasteiger partial charge in [0.25, 0.3) is 0 Å². The summed E-state index contributed by atoms with van der Waals surface area (Å²) in [7, 11) is 0. The SMILES string of the molecule is O=C(C=CF)OCC(F)(F)C(F)(F)F. The Hall–Kier alpha value is -1.21. The van der Waals surface area contributed by atoms with Gasteiger partial charge in [0.2, 0.25) is 0 Å². The number of ether oxygens (including phenoxy) is 1. The summed E-state index contributed by atoms with van der Waals surface area (Å²) in [5, 5.41) is 0. The number of hydrogen-bond donors (Lipinski definition) is 0. The lowest BCUT2D eigenvalue weighted by Gasteiger charge is -2.18. The van der Waals surface area contributed by atoms with Crippen LogP contribution in [0.3, 0.4) is 0 Å². The molecule has 82 valence electrons. The first kappa shape index (κ1) is 12.8. The van der Waals surface area contributed by atoms with E-state index in [1.54, 1.807) is 0 Å². The van der Waals surface area contributed by atoms with Gasteiger partial charge in [0.1, 0.15) is 0 Å². The molecule has 0 amide bonds. The molecule has 2 nitrogen and oxygen atoms in total. The molecule has 0 rings (SSSR count). The average molecular weight is 222 g/mol. The summed E-state index contributed by atoms with van der Waals surface area (Å²) in [6, 6.07) is 0. The Bertz CT molecular complexity index is 231. The van der Waals surface area contributed by atoms with Crippen LogP contribution in [0, 0.1) is 0 Å². The van der Waals surface area contributed by atoms with Gasteiger partial charge in [-0.3, -0.25) is 0 Å². The van der Waals surface area contributed by atoms with E-state index in [1.807, 2.05) is 0 Å². The number of halogens is 6. The highest BCUT2D eigenvalue weighted by molar-refractivity contribution is 5.81. The summed E-state index contributed by atoms with van der Waals surface area (Å²) in [5.41, 5.74) is 0. The third-order valence-corrected chi connectivity index (χ3v) is 1.01. The number of carbonyl (C=O) groups excluding carboxylic acids is 1. The highest BCUT2D eigenvalue weighted by Crippen LogP contribution is 2.35. The van der Waals surface area contributed by atoms with Crippen LogP contribution in [0.2, 0.25) is 0 Å². The molecular weight excluding hydrogens is 218 g/mol. The Kier molecular flexibility index (Phi) is 3.96. The molecule has 0 aromatic carbocycles. The summed E-state index contributed by atoms with van der Waals surface area (Å²) in [5.74, 6) is -6.75. The molecule has 0 heterocycles. The van der Waals surface area contributed by atoms with Gasteiger partial charge in [-0.05, 0) is 0 Å². The lowest BCUT2D eigenvalue weighted by atomic mass is 10.3. The van der Waals surface area contributed by atoms with Crippen molar-refractivity contribution >= 4 is 5.97 Å². The monoisotopic (exact) mass is 222 g/mol. The quantitative estimate of drug-likeness (QED) is 0.415. The second-order valence-electron chi connectivity index (χ2n) is 2.10. The molecule has 0 unspecified atom stereocenters. The Morgan fingerprint density at radius 2 is 1.71 bits per heavy atom. The van der Waals surface area contributed by atoms with E-state index in [2.05, 4.69) is 4.74 Å². The fraction of sp³-hybridized carbons (Fsp3) is 0.500. The first-order valence-electron chi connectivity index (χ1n) is 3.09. The molecule has 0 aliphatic rings. The van der Waals surface area contributed by atoms with Crippen molar-refractivity contribution in [2.75, 3.05) is 6.61 Å². The van der Waals surface area contributed by atoms with Crippen LogP contribution in [0.25, 0.3) is 0 Å². The van der Waals surface area contributed by atoms with Gasteiger partial charge in [-0.15, -0.1) is 0 Å². The first-order chi connectivity index (χ1) is 6.20. The van der Waals surface area contributed by atoms with Crippen molar-refractivity contribution < 1.29 is 35.9 Å². The molecule has 0 saturated carbocycles. The van der Waals surface area contributed by atoms with Crippen molar-refractivity contribution in [3.8, 4) is 0 Å². The molecule has 14 heavy (non-hydrogen) atoms. The van der Waals surface area contributed by atoms with Crippen LogP contribution in [-0.2, 0) is 9.53 Å². The van der Waals surface area contributed by atoms with Crippen molar-refractivity contribution in [3.63, 3.8) is 0 Å². The standard InChI is InChI=1S/C6H4F6O2/c7-2-1-4(13)14-3-5(8,9)6(10,11)12/h1-2H,3H2. The van der Waals surface area contributed by atoms with Gasteiger partial charge in [-0.1, -0.05) is 0 Å². The number of carbonyl (C=O) groups is 1. The van der Waals surface area contributed by atoms with Crippen LogP contribution in [0.1, 0.15) is 0 Å². The van der Waals surface area contributed by atoms with Crippen LogP contribution >= 0.6 is 0 Å². The van der Waals surface area contributed by atoms with Gasteiger partial charge in [-0.25, -0.2) is 9.18 Å². The Labute approximate surface area is 74.1 Å². The largest absolute Gasteiger partial charge is 0.456 e. The third-order valence-electron chi connectivity index (χ3n) is 1.01. The highest BCUT2D eigenvalue weighted by Gasteiger charge is 2.58. The molecular formula is C6H4F6O2. The molecule has 0 aliphatic carbocycles. The lowest BCUT2D eigenvalue weighted by Crippen LogP contribution is -2.41. The summed E-state index contributed by atoms with van der Waals surface area (Å²) in [6.45, 7) is -2.17. The number of rotatable bonds is 3. The predicted molar refractivity (Wildman–Crippen MR) is 32.2 cm³/mol. The van der Waals surface area contributed by atoms with Gasteiger partial charge < -0.3 is 4.74 Å². The van der Waals surface area contributed by atoms with Crippen LogP contribution in [0.4, 0.5) is 26.3 Å². The molecule has 0 aromatic heterocycles. The predicted octanol–water partition coefficient (Wildman–Crippen LogP) is 2.21. The first-order valence-corrected chi connectivity index (χ1v) is 3.09. The van der Waals surface area contributed by atoms with Crippen molar-refractivity contribution in [1.82, 2.24) is 0 Å². The fourth-order valence-electron chi connectivity index (χ4n) is 0.343. The zero-order valence-corrected chi connectivity index (χ0v) is 6.45. The van der Waals surface area contributed by atoms with Crippen molar-refractivity contribution in [3.05, 3.63) is 12.4 Å². The summed E-state index contributed by atoms with van der Waals surface area (Å²) in [6.07, 6.45) is -6.06. The van der Waals surface area contributed by atoms with Gasteiger partial charge in [-0.2, -0.15) is 22.0 Å². The average Bonchev–Trinajstić information content (AvgIpc) is 1.99. The van der Waals surface area contributed by atoms with E-state index in [4.69, 9.17) is 0 Å². The molecule has 0 atom stereocenters. The molecule has 0 radical (unpaired) electrons. The second kappa shape index (κ2) is 4.34. The minimum atomic E-state index is -5.80. The minimum absolute atomic E-state index is 0.0758. The molecule has 0 saturated heterocycles. The normalized spacial score (nSPS) is 13.3. The van der Waals surface area contributed by atoms with E-state index in [0.717, 1.165) is 0 Å². The molecule has 0 bridgehead atoms. The number of esters is 1. The molecule has 0 aliphatic heterocycles. The van der Waals surface area contributed by atoms with Crippen LogP contribution in [0.5, 0.6) is 0 Å². The lowest BCUT2D eigenvalue weighted by molar-refractivity contribution is -0.293. The maximum atomic E-state index is 12.0. The molecule has 0 aromatic rings. The van der Waals surface area contributed by atoms with Gasteiger partial charge >= 0.3 is 18.1 Å². The summed E-state index contributed by atoms with van der Waals surface area (Å²) < 4.78 is 73.0. The van der Waals surface area contributed by atoms with E-state index in [9.17, 15) is 31.1 Å². The zero-order chi connectivity index (χ0) is 11.4. The Morgan fingerprint density at radius 3 is 2.07 bits per heavy atom.